The minimum atomic E-state index is -0.662. The van der Waals surface area contributed by atoms with Crippen molar-refractivity contribution in [2.45, 2.75) is 31.7 Å². The zero-order valence-electron chi connectivity index (χ0n) is 11.4. The van der Waals surface area contributed by atoms with Gasteiger partial charge in [0.05, 0.1) is 11.2 Å². The van der Waals surface area contributed by atoms with E-state index in [9.17, 15) is 9.59 Å². The second kappa shape index (κ2) is 5.14. The first kappa shape index (κ1) is 13.5. The Labute approximate surface area is 121 Å². The van der Waals surface area contributed by atoms with E-state index in [1.54, 1.807) is 16.8 Å². The van der Waals surface area contributed by atoms with Gasteiger partial charge >= 0.3 is 6.03 Å². The van der Waals surface area contributed by atoms with E-state index in [0.29, 0.717) is 25.8 Å². The Balaban J connectivity index is 1.69. The van der Waals surface area contributed by atoms with Gasteiger partial charge < -0.3 is 10.6 Å². The van der Waals surface area contributed by atoms with Crippen molar-refractivity contribution in [3.8, 4) is 0 Å². The number of amides is 3. The van der Waals surface area contributed by atoms with Crippen LogP contribution in [0, 0.1) is 6.92 Å². The summed E-state index contributed by atoms with van der Waals surface area (Å²) in [4.78, 5) is 31.3. The van der Waals surface area contributed by atoms with Crippen LogP contribution < -0.4 is 10.6 Å². The summed E-state index contributed by atoms with van der Waals surface area (Å²) in [6, 6.07) is -0.251. The fourth-order valence-corrected chi connectivity index (χ4v) is 3.62. The van der Waals surface area contributed by atoms with Crippen LogP contribution in [0.3, 0.4) is 0 Å². The third-order valence-corrected chi connectivity index (χ3v) is 5.11. The molecule has 0 radical (unpaired) electrons. The topological polar surface area (TPSA) is 74.3 Å². The van der Waals surface area contributed by atoms with Gasteiger partial charge in [-0.05, 0) is 32.9 Å². The summed E-state index contributed by atoms with van der Waals surface area (Å²) in [6.07, 6.45) is 2.03. The standard InChI is InChI=1S/C13H18N4O2S/c1-9-10(20-8-15-9)2-7-17-11(18)13(16-12(17)19)3-5-14-6-4-13/h8,14H,2-7H2,1H3,(H,16,19). The van der Waals surface area contributed by atoms with Gasteiger partial charge in [0, 0.05) is 17.8 Å². The van der Waals surface area contributed by atoms with Crippen molar-refractivity contribution in [3.63, 3.8) is 0 Å². The van der Waals surface area contributed by atoms with Crippen molar-refractivity contribution >= 4 is 23.3 Å². The third-order valence-electron chi connectivity index (χ3n) is 4.11. The molecular weight excluding hydrogens is 276 g/mol. The second-order valence-corrected chi connectivity index (χ2v) is 6.27. The summed E-state index contributed by atoms with van der Waals surface area (Å²) in [6.45, 7) is 3.93. The van der Waals surface area contributed by atoms with E-state index in [1.165, 1.54) is 4.90 Å². The molecule has 0 unspecified atom stereocenters. The van der Waals surface area contributed by atoms with Gasteiger partial charge in [0.25, 0.3) is 5.91 Å². The molecular formula is C13H18N4O2S. The molecule has 6 nitrogen and oxygen atoms in total. The summed E-state index contributed by atoms with van der Waals surface area (Å²) in [5.74, 6) is -0.0637. The van der Waals surface area contributed by atoms with E-state index in [4.69, 9.17) is 0 Å². The summed E-state index contributed by atoms with van der Waals surface area (Å²) in [7, 11) is 0. The van der Waals surface area contributed by atoms with Gasteiger partial charge in [0.15, 0.2) is 0 Å². The largest absolute Gasteiger partial charge is 0.325 e. The Morgan fingerprint density at radius 1 is 1.40 bits per heavy atom. The van der Waals surface area contributed by atoms with Crippen molar-refractivity contribution in [2.24, 2.45) is 0 Å². The third kappa shape index (κ3) is 2.20. The van der Waals surface area contributed by atoms with Crippen LogP contribution in [0.2, 0.25) is 0 Å². The van der Waals surface area contributed by atoms with E-state index in [-0.39, 0.29) is 11.9 Å². The average molecular weight is 294 g/mol. The SMILES string of the molecule is Cc1ncsc1CCN1C(=O)NC2(CCNCC2)C1=O. The van der Waals surface area contributed by atoms with Gasteiger partial charge in [0.1, 0.15) is 5.54 Å². The molecule has 0 saturated carbocycles. The molecule has 2 saturated heterocycles. The molecule has 3 rings (SSSR count). The van der Waals surface area contributed by atoms with Crippen LogP contribution in [0.15, 0.2) is 5.51 Å². The number of hydrogen-bond acceptors (Lipinski definition) is 5. The molecule has 3 heterocycles. The van der Waals surface area contributed by atoms with E-state index in [0.717, 1.165) is 23.7 Å². The van der Waals surface area contributed by atoms with Crippen LogP contribution in [-0.4, -0.2) is 47.0 Å². The molecule has 2 aliphatic heterocycles. The number of urea groups is 1. The fourth-order valence-electron chi connectivity index (χ4n) is 2.85. The predicted molar refractivity (Wildman–Crippen MR) is 75.6 cm³/mol. The summed E-state index contributed by atoms with van der Waals surface area (Å²) in [5.41, 5.74) is 2.12. The van der Waals surface area contributed by atoms with E-state index >= 15 is 0 Å². The highest BCUT2D eigenvalue weighted by Crippen LogP contribution is 2.27. The fraction of sp³-hybridized carbons (Fsp3) is 0.615. The van der Waals surface area contributed by atoms with Gasteiger partial charge in [-0.25, -0.2) is 9.78 Å². The number of hydrogen-bond donors (Lipinski definition) is 2. The van der Waals surface area contributed by atoms with Gasteiger partial charge in [0.2, 0.25) is 0 Å². The quantitative estimate of drug-likeness (QED) is 0.804. The number of piperidine rings is 1. The number of nitrogens with one attached hydrogen (secondary N) is 2. The minimum absolute atomic E-state index is 0.0637. The Kier molecular flexibility index (Phi) is 3.47. The lowest BCUT2D eigenvalue weighted by Gasteiger charge is -2.31. The molecule has 0 aromatic carbocycles. The normalized spacial score (nSPS) is 21.6. The maximum absolute atomic E-state index is 12.5. The van der Waals surface area contributed by atoms with Crippen LogP contribution in [0.1, 0.15) is 23.4 Å². The van der Waals surface area contributed by atoms with Crippen LogP contribution in [0.5, 0.6) is 0 Å². The highest BCUT2D eigenvalue weighted by molar-refractivity contribution is 7.09. The Morgan fingerprint density at radius 3 is 2.80 bits per heavy atom. The van der Waals surface area contributed by atoms with Crippen molar-refractivity contribution in [2.75, 3.05) is 19.6 Å². The molecule has 0 atom stereocenters. The van der Waals surface area contributed by atoms with E-state index < -0.39 is 5.54 Å². The monoisotopic (exact) mass is 294 g/mol. The first-order chi connectivity index (χ1) is 9.62. The maximum atomic E-state index is 12.5. The van der Waals surface area contributed by atoms with Crippen molar-refractivity contribution in [1.29, 1.82) is 0 Å². The van der Waals surface area contributed by atoms with Crippen LogP contribution >= 0.6 is 11.3 Å². The number of carbonyl (C=O) groups excluding carboxylic acids is 2. The number of thiazole rings is 1. The molecule has 3 amide bonds. The zero-order chi connectivity index (χ0) is 14.2. The Hall–Kier alpha value is -1.47. The summed E-state index contributed by atoms with van der Waals surface area (Å²) < 4.78 is 0. The first-order valence-corrected chi connectivity index (χ1v) is 7.74. The molecule has 0 aliphatic carbocycles. The van der Waals surface area contributed by atoms with E-state index in [2.05, 4.69) is 15.6 Å². The van der Waals surface area contributed by atoms with Crippen LogP contribution in [0.4, 0.5) is 4.79 Å². The number of nitrogens with zero attached hydrogens (tertiary/aromatic N) is 2. The summed E-state index contributed by atoms with van der Waals surface area (Å²) in [5, 5.41) is 6.12. The summed E-state index contributed by atoms with van der Waals surface area (Å²) >= 11 is 1.57. The van der Waals surface area contributed by atoms with Gasteiger partial charge in [-0.1, -0.05) is 0 Å². The predicted octanol–water partition coefficient (Wildman–Crippen LogP) is 0.668. The lowest BCUT2D eigenvalue weighted by molar-refractivity contribution is -0.132. The van der Waals surface area contributed by atoms with Gasteiger partial charge in [-0.2, -0.15) is 0 Å². The lowest BCUT2D eigenvalue weighted by Crippen LogP contribution is -2.53. The minimum Gasteiger partial charge on any atom is -0.323 e. The average Bonchev–Trinajstić information content (AvgIpc) is 2.93. The highest BCUT2D eigenvalue weighted by Gasteiger charge is 2.51. The molecule has 0 bridgehead atoms. The number of aryl methyl sites for hydroxylation is 1. The highest BCUT2D eigenvalue weighted by atomic mass is 32.1. The van der Waals surface area contributed by atoms with Crippen molar-refractivity contribution in [3.05, 3.63) is 16.1 Å². The van der Waals surface area contributed by atoms with Gasteiger partial charge in [-0.3, -0.25) is 9.69 Å². The molecule has 2 N–H and O–H groups in total. The molecule has 2 aliphatic rings. The molecule has 2 fully saturated rings. The van der Waals surface area contributed by atoms with E-state index in [1.807, 2.05) is 6.92 Å². The molecule has 20 heavy (non-hydrogen) atoms. The Bertz CT molecular complexity index is 536. The molecule has 108 valence electrons. The molecule has 1 aromatic rings. The smallest absolute Gasteiger partial charge is 0.323 e. The van der Waals surface area contributed by atoms with Crippen molar-refractivity contribution in [1.82, 2.24) is 20.5 Å². The lowest BCUT2D eigenvalue weighted by atomic mass is 9.88. The molecule has 7 heteroatoms. The zero-order valence-corrected chi connectivity index (χ0v) is 12.3. The van der Waals surface area contributed by atoms with Crippen molar-refractivity contribution < 1.29 is 9.59 Å². The van der Waals surface area contributed by atoms with Crippen LogP contribution in [0.25, 0.3) is 0 Å². The molecule has 1 spiro atoms. The number of imide groups is 1. The maximum Gasteiger partial charge on any atom is 0.325 e. The first-order valence-electron chi connectivity index (χ1n) is 6.86. The number of carbonyl (C=O) groups is 2. The van der Waals surface area contributed by atoms with Crippen LogP contribution in [-0.2, 0) is 11.2 Å². The van der Waals surface area contributed by atoms with Gasteiger partial charge in [-0.15, -0.1) is 11.3 Å². The Morgan fingerprint density at radius 2 is 2.15 bits per heavy atom. The second-order valence-electron chi connectivity index (χ2n) is 5.33. The number of rotatable bonds is 3. The molecule has 1 aromatic heterocycles. The number of aromatic nitrogens is 1.